The summed E-state index contributed by atoms with van der Waals surface area (Å²) in [6, 6.07) is 16.1. The van der Waals surface area contributed by atoms with Crippen LogP contribution in [0.5, 0.6) is 0 Å². The Morgan fingerprint density at radius 1 is 1.06 bits per heavy atom. The number of hydrogen-bond donors (Lipinski definition) is 1. The highest BCUT2D eigenvalue weighted by Crippen LogP contribution is 2.14. The van der Waals surface area contributed by atoms with E-state index in [-0.39, 0.29) is 0 Å². The molecular formula is C16H16N2. The predicted molar refractivity (Wildman–Crippen MR) is 74.4 cm³/mol. The summed E-state index contributed by atoms with van der Waals surface area (Å²) in [5.41, 5.74) is 5.60. The molecule has 18 heavy (non-hydrogen) atoms. The van der Waals surface area contributed by atoms with Gasteiger partial charge in [-0.25, -0.2) is 0 Å². The van der Waals surface area contributed by atoms with E-state index in [4.69, 9.17) is 5.26 Å². The van der Waals surface area contributed by atoms with E-state index >= 15 is 0 Å². The Bertz CT molecular complexity index is 577. The van der Waals surface area contributed by atoms with Gasteiger partial charge in [0, 0.05) is 12.2 Å². The summed E-state index contributed by atoms with van der Waals surface area (Å²) in [5.74, 6) is 0. The van der Waals surface area contributed by atoms with Crippen LogP contribution in [0, 0.1) is 25.2 Å². The molecule has 0 aliphatic rings. The molecule has 0 radical (unpaired) electrons. The van der Waals surface area contributed by atoms with Gasteiger partial charge >= 0.3 is 0 Å². The van der Waals surface area contributed by atoms with Crippen molar-refractivity contribution in [3.63, 3.8) is 0 Å². The summed E-state index contributed by atoms with van der Waals surface area (Å²) in [6.45, 7) is 5.03. The lowest BCUT2D eigenvalue weighted by Gasteiger charge is -2.10. The lowest BCUT2D eigenvalue weighted by atomic mass is 10.1. The molecule has 0 saturated carbocycles. The molecule has 2 aromatic carbocycles. The second-order valence-electron chi connectivity index (χ2n) is 4.47. The van der Waals surface area contributed by atoms with E-state index in [1.165, 1.54) is 16.7 Å². The molecule has 1 N–H and O–H groups in total. The van der Waals surface area contributed by atoms with Crippen molar-refractivity contribution in [2.24, 2.45) is 0 Å². The molecule has 2 aromatic rings. The largest absolute Gasteiger partial charge is 0.381 e. The van der Waals surface area contributed by atoms with Gasteiger partial charge in [0.05, 0.1) is 11.6 Å². The predicted octanol–water partition coefficient (Wildman–Crippen LogP) is 3.79. The zero-order valence-electron chi connectivity index (χ0n) is 10.7. The van der Waals surface area contributed by atoms with E-state index < -0.39 is 0 Å². The van der Waals surface area contributed by atoms with Gasteiger partial charge in [-0.1, -0.05) is 23.8 Å². The Labute approximate surface area is 108 Å². The van der Waals surface area contributed by atoms with Crippen LogP contribution in [0.1, 0.15) is 22.3 Å². The molecule has 0 aliphatic carbocycles. The van der Waals surface area contributed by atoms with Gasteiger partial charge in [0.1, 0.15) is 0 Å². The van der Waals surface area contributed by atoms with E-state index in [2.05, 4.69) is 43.4 Å². The monoisotopic (exact) mass is 236 g/mol. The first-order chi connectivity index (χ1) is 8.69. The van der Waals surface area contributed by atoms with Gasteiger partial charge < -0.3 is 5.32 Å². The number of nitrogens with zero attached hydrogens (tertiary/aromatic N) is 1. The summed E-state index contributed by atoms with van der Waals surface area (Å²) in [5, 5.41) is 12.1. The fourth-order valence-electron chi connectivity index (χ4n) is 1.85. The molecule has 0 atom stereocenters. The van der Waals surface area contributed by atoms with Crippen molar-refractivity contribution in [3.05, 3.63) is 64.7 Å². The highest BCUT2D eigenvalue weighted by Gasteiger charge is 1.99. The number of rotatable bonds is 3. The van der Waals surface area contributed by atoms with Crippen LogP contribution >= 0.6 is 0 Å². The molecular weight excluding hydrogens is 220 g/mol. The molecule has 2 nitrogen and oxygen atoms in total. The fourth-order valence-corrected chi connectivity index (χ4v) is 1.85. The molecule has 0 unspecified atom stereocenters. The molecule has 2 heteroatoms. The van der Waals surface area contributed by atoms with Gasteiger partial charge in [-0.2, -0.15) is 5.26 Å². The van der Waals surface area contributed by atoms with Crippen LogP contribution in [0.25, 0.3) is 0 Å². The second-order valence-corrected chi connectivity index (χ2v) is 4.47. The third kappa shape index (κ3) is 2.89. The van der Waals surface area contributed by atoms with Crippen molar-refractivity contribution < 1.29 is 0 Å². The Hall–Kier alpha value is -2.27. The van der Waals surface area contributed by atoms with E-state index in [9.17, 15) is 0 Å². The van der Waals surface area contributed by atoms with E-state index in [1.807, 2.05) is 24.3 Å². The summed E-state index contributed by atoms with van der Waals surface area (Å²) in [4.78, 5) is 0. The van der Waals surface area contributed by atoms with Crippen LogP contribution in [0.4, 0.5) is 5.69 Å². The van der Waals surface area contributed by atoms with Crippen molar-refractivity contribution in [2.45, 2.75) is 20.4 Å². The van der Waals surface area contributed by atoms with Crippen LogP contribution in [0.15, 0.2) is 42.5 Å². The molecule has 0 fully saturated rings. The lowest BCUT2D eigenvalue weighted by molar-refractivity contribution is 1.11. The zero-order valence-corrected chi connectivity index (χ0v) is 10.7. The summed E-state index contributed by atoms with van der Waals surface area (Å²) in [7, 11) is 0. The van der Waals surface area contributed by atoms with Crippen molar-refractivity contribution in [3.8, 4) is 6.07 Å². The number of nitriles is 1. The molecule has 90 valence electrons. The van der Waals surface area contributed by atoms with Gasteiger partial charge in [-0.3, -0.25) is 0 Å². The average Bonchev–Trinajstić information content (AvgIpc) is 2.40. The van der Waals surface area contributed by atoms with Crippen molar-refractivity contribution in [1.82, 2.24) is 0 Å². The minimum atomic E-state index is 0.687. The molecule has 0 saturated heterocycles. The number of aryl methyl sites for hydroxylation is 2. The van der Waals surface area contributed by atoms with Crippen molar-refractivity contribution in [2.75, 3.05) is 5.32 Å². The Morgan fingerprint density at radius 2 is 1.78 bits per heavy atom. The third-order valence-corrected chi connectivity index (χ3v) is 3.00. The highest BCUT2D eigenvalue weighted by molar-refractivity contribution is 5.48. The lowest BCUT2D eigenvalue weighted by Crippen LogP contribution is -2.01. The molecule has 0 spiro atoms. The van der Waals surface area contributed by atoms with Gasteiger partial charge in [0.2, 0.25) is 0 Å². The van der Waals surface area contributed by atoms with Gasteiger partial charge in [0.15, 0.2) is 0 Å². The topological polar surface area (TPSA) is 35.8 Å². The maximum Gasteiger partial charge on any atom is 0.0991 e. The normalized spacial score (nSPS) is 9.83. The van der Waals surface area contributed by atoms with E-state index in [1.54, 1.807) is 0 Å². The Morgan fingerprint density at radius 3 is 2.44 bits per heavy atom. The summed E-state index contributed by atoms with van der Waals surface area (Å²) in [6.07, 6.45) is 0. The van der Waals surface area contributed by atoms with Crippen LogP contribution < -0.4 is 5.32 Å². The Kier molecular flexibility index (Phi) is 3.64. The highest BCUT2D eigenvalue weighted by atomic mass is 14.9. The molecule has 0 bridgehead atoms. The van der Waals surface area contributed by atoms with Gasteiger partial charge in [0.25, 0.3) is 0 Å². The SMILES string of the molecule is Cc1ccc(C)c(CNc2ccc(C#N)cc2)c1. The van der Waals surface area contributed by atoms with Gasteiger partial charge in [-0.05, 0) is 49.2 Å². The minimum absolute atomic E-state index is 0.687. The summed E-state index contributed by atoms with van der Waals surface area (Å²) >= 11 is 0. The first-order valence-corrected chi connectivity index (χ1v) is 5.99. The number of nitrogens with one attached hydrogen (secondary N) is 1. The van der Waals surface area contributed by atoms with Crippen LogP contribution in [0.2, 0.25) is 0 Å². The molecule has 0 aromatic heterocycles. The molecule has 0 aliphatic heterocycles. The molecule has 0 amide bonds. The van der Waals surface area contributed by atoms with Crippen molar-refractivity contribution >= 4 is 5.69 Å². The van der Waals surface area contributed by atoms with E-state index in [0.717, 1.165) is 12.2 Å². The molecule has 2 rings (SSSR count). The number of benzene rings is 2. The third-order valence-electron chi connectivity index (χ3n) is 3.00. The number of hydrogen-bond acceptors (Lipinski definition) is 2. The first-order valence-electron chi connectivity index (χ1n) is 5.99. The smallest absolute Gasteiger partial charge is 0.0991 e. The van der Waals surface area contributed by atoms with Crippen molar-refractivity contribution in [1.29, 1.82) is 5.26 Å². The van der Waals surface area contributed by atoms with E-state index in [0.29, 0.717) is 5.56 Å². The number of anilines is 1. The van der Waals surface area contributed by atoms with Crippen LogP contribution in [0.3, 0.4) is 0 Å². The fraction of sp³-hybridized carbons (Fsp3) is 0.188. The van der Waals surface area contributed by atoms with Crippen LogP contribution in [-0.4, -0.2) is 0 Å². The molecule has 0 heterocycles. The first kappa shape index (κ1) is 12.2. The summed E-state index contributed by atoms with van der Waals surface area (Å²) < 4.78 is 0. The standard InChI is InChI=1S/C16H16N2/c1-12-3-4-13(2)15(9-12)11-18-16-7-5-14(10-17)6-8-16/h3-9,18H,11H2,1-2H3. The van der Waals surface area contributed by atoms with Crippen LogP contribution in [-0.2, 0) is 6.54 Å². The average molecular weight is 236 g/mol. The Balaban J connectivity index is 2.07. The minimum Gasteiger partial charge on any atom is -0.381 e. The van der Waals surface area contributed by atoms with Gasteiger partial charge in [-0.15, -0.1) is 0 Å². The quantitative estimate of drug-likeness (QED) is 0.880. The maximum atomic E-state index is 8.73. The second kappa shape index (κ2) is 5.37. The maximum absolute atomic E-state index is 8.73. The zero-order chi connectivity index (χ0) is 13.0.